The predicted molar refractivity (Wildman–Crippen MR) is 120 cm³/mol. The number of benzene rings is 2. The average Bonchev–Trinajstić information content (AvgIpc) is 3.42. The van der Waals surface area contributed by atoms with Gasteiger partial charge >= 0.3 is 0 Å². The van der Waals surface area contributed by atoms with Crippen LogP contribution in [0, 0.1) is 11.7 Å². The number of H-pyrrole nitrogens is 1. The second-order valence-corrected chi connectivity index (χ2v) is 7.66. The molecule has 8 nitrogen and oxygen atoms in total. The number of aromatic nitrogens is 6. The molecule has 0 aliphatic carbocycles. The number of carbonyl (C=O) groups is 1. The Hall–Kier alpha value is -3.59. The molecule has 2 N–H and O–H groups in total. The quantitative estimate of drug-likeness (QED) is 0.415. The summed E-state index contributed by atoms with van der Waals surface area (Å²) in [5.74, 6) is 0.649. The minimum absolute atomic E-state index is 0.0766. The van der Waals surface area contributed by atoms with Crippen molar-refractivity contribution in [3.63, 3.8) is 0 Å². The fraction of sp³-hybridized carbons (Fsp3) is 0.227. The van der Waals surface area contributed by atoms with Gasteiger partial charge in [-0.2, -0.15) is 10.2 Å². The Balaban J connectivity index is 1.47. The van der Waals surface area contributed by atoms with Crippen LogP contribution in [0.3, 0.4) is 0 Å². The summed E-state index contributed by atoms with van der Waals surface area (Å²) in [7, 11) is 0. The van der Waals surface area contributed by atoms with Crippen molar-refractivity contribution in [1.29, 1.82) is 0 Å². The normalized spacial score (nSPS) is 11.9. The molecule has 0 bridgehead atoms. The summed E-state index contributed by atoms with van der Waals surface area (Å²) < 4.78 is 4.06. The van der Waals surface area contributed by atoms with Crippen LogP contribution in [0.4, 0.5) is 0 Å². The zero-order valence-electron chi connectivity index (χ0n) is 17.1. The van der Waals surface area contributed by atoms with Gasteiger partial charge in [0, 0.05) is 18.5 Å². The van der Waals surface area contributed by atoms with Crippen molar-refractivity contribution < 1.29 is 4.79 Å². The predicted octanol–water partition coefficient (Wildman–Crippen LogP) is 3.46. The Morgan fingerprint density at radius 3 is 2.77 bits per heavy atom. The monoisotopic (exact) mass is 433 g/mol. The van der Waals surface area contributed by atoms with Crippen molar-refractivity contribution in [1.82, 2.24) is 34.8 Å². The largest absolute Gasteiger partial charge is 0.347 e. The van der Waals surface area contributed by atoms with E-state index in [1.165, 1.54) is 6.33 Å². The maximum Gasteiger partial charge on any atom is 0.222 e. The van der Waals surface area contributed by atoms with Crippen LogP contribution in [0.5, 0.6) is 0 Å². The van der Waals surface area contributed by atoms with Crippen molar-refractivity contribution >= 4 is 18.1 Å². The smallest absolute Gasteiger partial charge is 0.222 e. The van der Waals surface area contributed by atoms with Gasteiger partial charge in [-0.25, -0.2) is 4.98 Å². The first-order chi connectivity index (χ1) is 15.1. The van der Waals surface area contributed by atoms with E-state index in [1.807, 2.05) is 66.1 Å². The number of hydrogen-bond donors (Lipinski definition) is 2. The maximum atomic E-state index is 12.8. The van der Waals surface area contributed by atoms with Crippen molar-refractivity contribution in [3.8, 4) is 11.4 Å². The first kappa shape index (κ1) is 20.7. The third-order valence-corrected chi connectivity index (χ3v) is 5.28. The molecule has 2 heterocycles. The zero-order valence-corrected chi connectivity index (χ0v) is 17.9. The molecule has 0 spiro atoms. The Bertz CT molecular complexity index is 1200. The van der Waals surface area contributed by atoms with E-state index in [2.05, 4.69) is 25.6 Å². The first-order valence-electron chi connectivity index (χ1n) is 9.99. The van der Waals surface area contributed by atoms with Crippen LogP contribution in [-0.4, -0.2) is 35.4 Å². The summed E-state index contributed by atoms with van der Waals surface area (Å²) in [5, 5.41) is 14.5. The zero-order chi connectivity index (χ0) is 21.6. The molecular weight excluding hydrogens is 410 g/mol. The van der Waals surface area contributed by atoms with Gasteiger partial charge in [-0.1, -0.05) is 54.1 Å². The molecule has 0 saturated carbocycles. The van der Waals surface area contributed by atoms with Crippen molar-refractivity contribution in [2.24, 2.45) is 0 Å². The second kappa shape index (κ2) is 9.48. The molecule has 0 aliphatic rings. The summed E-state index contributed by atoms with van der Waals surface area (Å²) in [6.45, 7) is 2.95. The van der Waals surface area contributed by atoms with Crippen LogP contribution in [0.2, 0.25) is 0 Å². The lowest BCUT2D eigenvalue weighted by molar-refractivity contribution is -0.122. The van der Waals surface area contributed by atoms with Crippen LogP contribution in [0.1, 0.15) is 23.6 Å². The van der Waals surface area contributed by atoms with Gasteiger partial charge in [-0.05, 0) is 30.8 Å². The fourth-order valence-electron chi connectivity index (χ4n) is 3.44. The van der Waals surface area contributed by atoms with Gasteiger partial charge in [-0.3, -0.25) is 19.1 Å². The van der Waals surface area contributed by atoms with Crippen LogP contribution in [0.15, 0.2) is 67.3 Å². The second-order valence-electron chi connectivity index (χ2n) is 7.27. The molecular formula is C22H23N7OS. The molecule has 31 heavy (non-hydrogen) atoms. The standard InChI is InChI=1S/C22H23N7OS/c1-16-6-5-9-18(12-16)21-26-27-22(31)29(21)11-10-20(30)25-19(13-28-15-23-14-24-28)17-7-3-2-4-8-17/h2-9,12,14-15,19H,10-11,13H2,1H3,(H,25,30)(H,27,31). The maximum absolute atomic E-state index is 12.8. The van der Waals surface area contributed by atoms with E-state index in [9.17, 15) is 4.79 Å². The topological polar surface area (TPSA) is 93.4 Å². The number of nitrogens with zero attached hydrogens (tertiary/aromatic N) is 5. The van der Waals surface area contributed by atoms with Gasteiger partial charge in [0.25, 0.3) is 0 Å². The third kappa shape index (κ3) is 5.13. The molecule has 1 unspecified atom stereocenters. The highest BCUT2D eigenvalue weighted by Crippen LogP contribution is 2.19. The van der Waals surface area contributed by atoms with Crippen LogP contribution >= 0.6 is 12.2 Å². The number of hydrogen-bond acceptors (Lipinski definition) is 5. The summed E-state index contributed by atoms with van der Waals surface area (Å²) >= 11 is 5.39. The Morgan fingerprint density at radius 1 is 1.19 bits per heavy atom. The van der Waals surface area contributed by atoms with Gasteiger partial charge in [0.05, 0.1) is 12.6 Å². The highest BCUT2D eigenvalue weighted by atomic mass is 32.1. The van der Waals surface area contributed by atoms with Gasteiger partial charge in [0.15, 0.2) is 10.6 Å². The molecule has 1 atom stereocenters. The average molecular weight is 434 g/mol. The van der Waals surface area contributed by atoms with E-state index < -0.39 is 0 Å². The van der Waals surface area contributed by atoms with E-state index >= 15 is 0 Å². The van der Waals surface area contributed by atoms with E-state index in [1.54, 1.807) is 11.0 Å². The lowest BCUT2D eigenvalue weighted by atomic mass is 10.1. The van der Waals surface area contributed by atoms with Crippen LogP contribution in [-0.2, 0) is 17.9 Å². The SMILES string of the molecule is Cc1cccc(-c2n[nH]c(=S)n2CCC(=O)NC(Cn2cncn2)c2ccccc2)c1. The Kier molecular flexibility index (Phi) is 6.32. The molecule has 0 radical (unpaired) electrons. The van der Waals surface area contributed by atoms with Crippen molar-refractivity contribution in [2.75, 3.05) is 0 Å². The first-order valence-corrected chi connectivity index (χ1v) is 10.4. The molecule has 1 amide bonds. The summed E-state index contributed by atoms with van der Waals surface area (Å²) in [6.07, 6.45) is 3.39. The molecule has 158 valence electrons. The highest BCUT2D eigenvalue weighted by molar-refractivity contribution is 7.71. The molecule has 0 saturated heterocycles. The Labute approximate surface area is 185 Å². The highest BCUT2D eigenvalue weighted by Gasteiger charge is 2.17. The van der Waals surface area contributed by atoms with E-state index in [4.69, 9.17) is 12.2 Å². The van der Waals surface area contributed by atoms with Gasteiger partial charge in [-0.15, -0.1) is 0 Å². The number of aromatic amines is 1. The minimum Gasteiger partial charge on any atom is -0.347 e. The third-order valence-electron chi connectivity index (χ3n) is 4.97. The number of amides is 1. The summed E-state index contributed by atoms with van der Waals surface area (Å²) in [5.41, 5.74) is 3.10. The number of carbonyl (C=O) groups excluding carboxylic acids is 1. The van der Waals surface area contributed by atoms with Gasteiger partial charge in [0.2, 0.25) is 5.91 Å². The molecule has 4 rings (SSSR count). The van der Waals surface area contributed by atoms with Crippen LogP contribution < -0.4 is 5.32 Å². The molecule has 9 heteroatoms. The van der Waals surface area contributed by atoms with Crippen molar-refractivity contribution in [2.45, 2.75) is 32.5 Å². The fourth-order valence-corrected chi connectivity index (χ4v) is 3.67. The van der Waals surface area contributed by atoms with E-state index in [-0.39, 0.29) is 18.4 Å². The van der Waals surface area contributed by atoms with Crippen LogP contribution in [0.25, 0.3) is 11.4 Å². The van der Waals surface area contributed by atoms with Gasteiger partial charge < -0.3 is 5.32 Å². The molecule has 4 aromatic rings. The lowest BCUT2D eigenvalue weighted by Gasteiger charge is -2.19. The number of rotatable bonds is 8. The van der Waals surface area contributed by atoms with E-state index in [0.29, 0.717) is 17.9 Å². The molecule has 2 aromatic heterocycles. The molecule has 0 aliphatic heterocycles. The lowest BCUT2D eigenvalue weighted by Crippen LogP contribution is -2.32. The van der Waals surface area contributed by atoms with Crippen molar-refractivity contribution in [3.05, 3.63) is 83.1 Å². The number of aryl methyl sites for hydroxylation is 1. The Morgan fingerprint density at radius 2 is 2.03 bits per heavy atom. The minimum atomic E-state index is -0.219. The number of nitrogens with one attached hydrogen (secondary N) is 2. The van der Waals surface area contributed by atoms with Gasteiger partial charge in [0.1, 0.15) is 12.7 Å². The molecule has 2 aromatic carbocycles. The summed E-state index contributed by atoms with van der Waals surface area (Å²) in [4.78, 5) is 16.8. The molecule has 0 fully saturated rings. The summed E-state index contributed by atoms with van der Waals surface area (Å²) in [6, 6.07) is 17.7. The van der Waals surface area contributed by atoms with E-state index in [0.717, 1.165) is 22.5 Å².